The van der Waals surface area contributed by atoms with E-state index < -0.39 is 29.6 Å². The lowest BCUT2D eigenvalue weighted by atomic mass is 10.1. The lowest BCUT2D eigenvalue weighted by Crippen LogP contribution is -2.30. The standard InChI is InChI=1S/C22H18F2N4O4S/c1-11-25-20-21(33-11)19(12-4-7-16(31-2)17(8-12)32-3)27-28(22(20)30)10-18(29)26-15-6-5-13(23)9-14(15)24/h4-9H,10H2,1-3H3,(H,26,29). The van der Waals surface area contributed by atoms with Crippen molar-refractivity contribution in [2.75, 3.05) is 19.5 Å². The van der Waals surface area contributed by atoms with E-state index in [2.05, 4.69) is 15.4 Å². The molecule has 0 aliphatic carbocycles. The first-order valence-corrected chi connectivity index (χ1v) is 10.5. The van der Waals surface area contributed by atoms with Crippen molar-refractivity contribution in [2.45, 2.75) is 13.5 Å². The first kappa shape index (κ1) is 22.3. The number of hydrogen-bond donors (Lipinski definition) is 1. The van der Waals surface area contributed by atoms with Crippen LogP contribution in [0.25, 0.3) is 21.5 Å². The third-order valence-electron chi connectivity index (χ3n) is 4.76. The van der Waals surface area contributed by atoms with Crippen molar-refractivity contribution in [1.82, 2.24) is 14.8 Å². The smallest absolute Gasteiger partial charge is 0.294 e. The molecule has 2 heterocycles. The first-order valence-electron chi connectivity index (χ1n) is 9.66. The minimum Gasteiger partial charge on any atom is -0.493 e. The summed E-state index contributed by atoms with van der Waals surface area (Å²) >= 11 is 1.30. The van der Waals surface area contributed by atoms with Crippen LogP contribution in [0.3, 0.4) is 0 Å². The van der Waals surface area contributed by atoms with Crippen LogP contribution in [0.4, 0.5) is 14.5 Å². The summed E-state index contributed by atoms with van der Waals surface area (Å²) in [5, 5.41) is 7.37. The number of methoxy groups -OCH3 is 2. The molecule has 0 bridgehead atoms. The zero-order valence-corrected chi connectivity index (χ0v) is 18.6. The number of carbonyl (C=O) groups excluding carboxylic acids is 1. The Morgan fingerprint density at radius 1 is 1.12 bits per heavy atom. The second-order valence-electron chi connectivity index (χ2n) is 6.96. The van der Waals surface area contributed by atoms with Gasteiger partial charge in [0, 0.05) is 11.6 Å². The van der Waals surface area contributed by atoms with E-state index in [4.69, 9.17) is 9.47 Å². The molecule has 1 amide bonds. The second-order valence-corrected chi connectivity index (χ2v) is 8.17. The van der Waals surface area contributed by atoms with Crippen LogP contribution < -0.4 is 20.3 Å². The van der Waals surface area contributed by atoms with Crippen molar-refractivity contribution >= 4 is 33.1 Å². The molecular formula is C22H18F2N4O4S. The van der Waals surface area contributed by atoms with Crippen molar-refractivity contribution in [2.24, 2.45) is 0 Å². The largest absolute Gasteiger partial charge is 0.493 e. The monoisotopic (exact) mass is 472 g/mol. The van der Waals surface area contributed by atoms with Gasteiger partial charge in [-0.1, -0.05) is 0 Å². The van der Waals surface area contributed by atoms with Crippen LogP contribution in [-0.2, 0) is 11.3 Å². The van der Waals surface area contributed by atoms with E-state index >= 15 is 0 Å². The fraction of sp³-hybridized carbons (Fsp3) is 0.182. The minimum absolute atomic E-state index is 0.165. The van der Waals surface area contributed by atoms with Gasteiger partial charge in [0.25, 0.3) is 5.56 Å². The fourth-order valence-corrected chi connectivity index (χ4v) is 4.18. The third-order valence-corrected chi connectivity index (χ3v) is 5.74. The Morgan fingerprint density at radius 3 is 2.58 bits per heavy atom. The average Bonchev–Trinajstić information content (AvgIpc) is 3.19. The summed E-state index contributed by atoms with van der Waals surface area (Å²) in [5.74, 6) is -1.42. The highest BCUT2D eigenvalue weighted by Crippen LogP contribution is 2.35. The lowest BCUT2D eigenvalue weighted by molar-refractivity contribution is -0.117. The summed E-state index contributed by atoms with van der Waals surface area (Å²) < 4.78 is 39.2. The van der Waals surface area contributed by atoms with E-state index in [1.807, 2.05) is 0 Å². The van der Waals surface area contributed by atoms with Crippen LogP contribution in [0.5, 0.6) is 11.5 Å². The number of nitrogens with zero attached hydrogens (tertiary/aromatic N) is 3. The van der Waals surface area contributed by atoms with Gasteiger partial charge in [-0.25, -0.2) is 18.4 Å². The molecule has 0 saturated carbocycles. The molecular weight excluding hydrogens is 454 g/mol. The summed E-state index contributed by atoms with van der Waals surface area (Å²) in [4.78, 5) is 29.8. The molecule has 4 aromatic rings. The van der Waals surface area contributed by atoms with Gasteiger partial charge in [0.2, 0.25) is 5.91 Å². The molecule has 0 spiro atoms. The third kappa shape index (κ3) is 4.40. The first-order chi connectivity index (χ1) is 15.8. The highest BCUT2D eigenvalue weighted by Gasteiger charge is 2.19. The Labute approximate surface area is 190 Å². The number of ether oxygens (including phenoxy) is 2. The van der Waals surface area contributed by atoms with E-state index in [1.54, 1.807) is 25.1 Å². The topological polar surface area (TPSA) is 95.3 Å². The molecule has 2 aromatic carbocycles. The van der Waals surface area contributed by atoms with Crippen molar-refractivity contribution in [1.29, 1.82) is 0 Å². The highest BCUT2D eigenvalue weighted by atomic mass is 32.1. The van der Waals surface area contributed by atoms with Gasteiger partial charge < -0.3 is 14.8 Å². The van der Waals surface area contributed by atoms with Crippen LogP contribution in [-0.4, -0.2) is 34.9 Å². The number of anilines is 1. The highest BCUT2D eigenvalue weighted by molar-refractivity contribution is 7.19. The Kier molecular flexibility index (Phi) is 6.05. The van der Waals surface area contributed by atoms with E-state index in [0.29, 0.717) is 38.5 Å². The van der Waals surface area contributed by atoms with E-state index in [0.717, 1.165) is 16.8 Å². The van der Waals surface area contributed by atoms with Crippen LogP contribution in [0, 0.1) is 18.6 Å². The van der Waals surface area contributed by atoms with Crippen molar-refractivity contribution in [3.05, 3.63) is 63.4 Å². The van der Waals surface area contributed by atoms with Gasteiger partial charge in [-0.3, -0.25) is 9.59 Å². The molecule has 0 fully saturated rings. The van der Waals surface area contributed by atoms with E-state index in [9.17, 15) is 18.4 Å². The Morgan fingerprint density at radius 2 is 1.88 bits per heavy atom. The summed E-state index contributed by atoms with van der Waals surface area (Å²) in [7, 11) is 3.02. The van der Waals surface area contributed by atoms with Crippen LogP contribution in [0.15, 0.2) is 41.2 Å². The van der Waals surface area contributed by atoms with Crippen molar-refractivity contribution < 1.29 is 23.0 Å². The maximum atomic E-state index is 13.9. The van der Waals surface area contributed by atoms with Crippen LogP contribution in [0.2, 0.25) is 0 Å². The predicted molar refractivity (Wildman–Crippen MR) is 120 cm³/mol. The Bertz CT molecular complexity index is 1430. The summed E-state index contributed by atoms with van der Waals surface area (Å²) in [6.45, 7) is 1.26. The average molecular weight is 472 g/mol. The van der Waals surface area contributed by atoms with Gasteiger partial charge in [-0.15, -0.1) is 11.3 Å². The van der Waals surface area contributed by atoms with Gasteiger partial charge in [-0.2, -0.15) is 5.10 Å². The molecule has 4 rings (SSSR count). The molecule has 0 radical (unpaired) electrons. The predicted octanol–water partition coefficient (Wildman–Crippen LogP) is 3.76. The molecule has 2 aromatic heterocycles. The SMILES string of the molecule is COc1ccc(-c2nn(CC(=O)Nc3ccc(F)cc3F)c(=O)c3nc(C)sc23)cc1OC. The zero-order chi connectivity index (χ0) is 23.7. The number of benzene rings is 2. The van der Waals surface area contributed by atoms with E-state index in [1.165, 1.54) is 25.6 Å². The van der Waals surface area contributed by atoms with Crippen LogP contribution in [0.1, 0.15) is 5.01 Å². The number of thiazole rings is 1. The number of nitrogens with one attached hydrogen (secondary N) is 1. The molecule has 0 unspecified atom stereocenters. The normalized spacial score (nSPS) is 10.9. The molecule has 1 N–H and O–H groups in total. The summed E-state index contributed by atoms with van der Waals surface area (Å²) in [6.07, 6.45) is 0. The van der Waals surface area contributed by atoms with Gasteiger partial charge in [-0.05, 0) is 37.3 Å². The number of fused-ring (bicyclic) bond motifs is 1. The molecule has 0 aliphatic heterocycles. The van der Waals surface area contributed by atoms with Crippen LogP contribution >= 0.6 is 11.3 Å². The molecule has 0 atom stereocenters. The second kappa shape index (κ2) is 8.94. The van der Waals surface area contributed by atoms with Crippen molar-refractivity contribution in [3.63, 3.8) is 0 Å². The maximum Gasteiger partial charge on any atom is 0.294 e. The Balaban J connectivity index is 1.76. The Hall–Kier alpha value is -3.86. The number of hydrogen-bond acceptors (Lipinski definition) is 7. The number of carbonyl (C=O) groups is 1. The summed E-state index contributed by atoms with van der Waals surface area (Å²) in [6, 6.07) is 7.93. The van der Waals surface area contributed by atoms with E-state index in [-0.39, 0.29) is 11.2 Å². The quantitative estimate of drug-likeness (QED) is 0.459. The van der Waals surface area contributed by atoms with Gasteiger partial charge in [0.1, 0.15) is 23.9 Å². The summed E-state index contributed by atoms with van der Waals surface area (Å²) in [5.41, 5.74) is 0.448. The maximum absolute atomic E-state index is 13.9. The van der Waals surface area contributed by atoms with Gasteiger partial charge in [0.05, 0.1) is 29.6 Å². The number of halogens is 2. The molecule has 170 valence electrons. The molecule has 33 heavy (non-hydrogen) atoms. The van der Waals surface area contributed by atoms with Gasteiger partial charge >= 0.3 is 0 Å². The molecule has 0 aliphatic rings. The molecule has 8 nitrogen and oxygen atoms in total. The number of amides is 1. The lowest BCUT2D eigenvalue weighted by Gasteiger charge is -2.12. The number of aryl methyl sites for hydroxylation is 1. The van der Waals surface area contributed by atoms with Gasteiger partial charge in [0.15, 0.2) is 17.0 Å². The zero-order valence-electron chi connectivity index (χ0n) is 17.8. The van der Waals surface area contributed by atoms with Crippen molar-refractivity contribution in [3.8, 4) is 22.8 Å². The minimum atomic E-state index is -0.930. The molecule has 11 heteroatoms. The fourth-order valence-electron chi connectivity index (χ4n) is 3.26. The number of aromatic nitrogens is 3. The molecule has 0 saturated heterocycles. The number of rotatable bonds is 6.